The maximum atomic E-state index is 5.83. The molecule has 3 nitrogen and oxygen atoms in total. The second-order valence-electron chi connectivity index (χ2n) is 2.98. The zero-order valence-corrected chi connectivity index (χ0v) is 9.42. The lowest BCUT2D eigenvalue weighted by atomic mass is 10.2. The third-order valence-electron chi connectivity index (χ3n) is 1.80. The zero-order chi connectivity index (χ0) is 10.8. The summed E-state index contributed by atoms with van der Waals surface area (Å²) in [6.45, 7) is 1.78. The second-order valence-corrected chi connectivity index (χ2v) is 3.81. The van der Waals surface area contributed by atoms with E-state index in [0.717, 1.165) is 5.69 Å². The first-order chi connectivity index (χ1) is 7.15. The molecule has 2 heterocycles. The number of halogens is 2. The predicted octanol–water partition coefficient (Wildman–Crippen LogP) is 3.15. The van der Waals surface area contributed by atoms with Crippen LogP contribution in [0.5, 0.6) is 0 Å². The van der Waals surface area contributed by atoms with Crippen molar-refractivity contribution in [3.05, 3.63) is 40.4 Å². The Morgan fingerprint density at radius 3 is 2.47 bits per heavy atom. The first-order valence-corrected chi connectivity index (χ1v) is 5.04. The van der Waals surface area contributed by atoms with Gasteiger partial charge < -0.3 is 0 Å². The molecular formula is C10H7Cl2N3. The number of nitrogens with zero attached hydrogens (tertiary/aromatic N) is 3. The standard InChI is InChI=1S/C10H7Cl2N3/c1-6-14-9(4-10(12)15-6)8-3-2-7(11)5-13-8/h2-5H,1H3. The number of aromatic nitrogens is 3. The van der Waals surface area contributed by atoms with Crippen LogP contribution < -0.4 is 0 Å². The highest BCUT2D eigenvalue weighted by atomic mass is 35.5. The van der Waals surface area contributed by atoms with Crippen LogP contribution >= 0.6 is 23.2 Å². The Morgan fingerprint density at radius 2 is 1.87 bits per heavy atom. The van der Waals surface area contributed by atoms with Gasteiger partial charge in [0, 0.05) is 12.3 Å². The van der Waals surface area contributed by atoms with E-state index in [2.05, 4.69) is 15.0 Å². The maximum Gasteiger partial charge on any atom is 0.133 e. The van der Waals surface area contributed by atoms with Crippen LogP contribution in [0, 0.1) is 6.92 Å². The zero-order valence-electron chi connectivity index (χ0n) is 7.91. The first kappa shape index (κ1) is 10.3. The van der Waals surface area contributed by atoms with Crippen molar-refractivity contribution in [1.29, 1.82) is 0 Å². The minimum atomic E-state index is 0.411. The van der Waals surface area contributed by atoms with Crippen LogP contribution in [-0.4, -0.2) is 15.0 Å². The van der Waals surface area contributed by atoms with Gasteiger partial charge in [0.15, 0.2) is 0 Å². The largest absolute Gasteiger partial charge is 0.253 e. The molecule has 5 heteroatoms. The van der Waals surface area contributed by atoms with E-state index in [4.69, 9.17) is 23.2 Å². The van der Waals surface area contributed by atoms with Gasteiger partial charge in [-0.25, -0.2) is 9.97 Å². The third-order valence-corrected chi connectivity index (χ3v) is 2.21. The molecule has 2 aromatic heterocycles. The summed E-state index contributed by atoms with van der Waals surface area (Å²) in [5.41, 5.74) is 1.43. The number of pyridine rings is 1. The van der Waals surface area contributed by atoms with Crippen molar-refractivity contribution >= 4 is 23.2 Å². The van der Waals surface area contributed by atoms with Crippen LogP contribution in [-0.2, 0) is 0 Å². The summed E-state index contributed by atoms with van der Waals surface area (Å²) in [6, 6.07) is 5.22. The van der Waals surface area contributed by atoms with E-state index in [0.29, 0.717) is 21.7 Å². The molecule has 0 unspecified atom stereocenters. The minimum absolute atomic E-state index is 0.411. The fourth-order valence-corrected chi connectivity index (χ4v) is 1.53. The summed E-state index contributed by atoms with van der Waals surface area (Å²) in [6.07, 6.45) is 1.57. The summed E-state index contributed by atoms with van der Waals surface area (Å²) < 4.78 is 0. The predicted molar refractivity (Wildman–Crippen MR) is 60.0 cm³/mol. The Balaban J connectivity index is 2.49. The molecule has 2 rings (SSSR count). The van der Waals surface area contributed by atoms with Crippen LogP contribution in [0.2, 0.25) is 10.2 Å². The van der Waals surface area contributed by atoms with Gasteiger partial charge in [-0.1, -0.05) is 23.2 Å². The minimum Gasteiger partial charge on any atom is -0.253 e. The summed E-state index contributed by atoms with van der Waals surface area (Å²) in [5.74, 6) is 0.620. The van der Waals surface area contributed by atoms with Crippen molar-refractivity contribution in [3.63, 3.8) is 0 Å². The highest BCUT2D eigenvalue weighted by Gasteiger charge is 2.04. The van der Waals surface area contributed by atoms with Crippen molar-refractivity contribution in [2.75, 3.05) is 0 Å². The molecule has 2 aromatic rings. The molecule has 0 spiro atoms. The summed E-state index contributed by atoms with van der Waals surface area (Å²) in [7, 11) is 0. The number of aryl methyl sites for hydroxylation is 1. The fourth-order valence-electron chi connectivity index (χ4n) is 1.19. The topological polar surface area (TPSA) is 38.7 Å². The lowest BCUT2D eigenvalue weighted by Gasteiger charge is -2.01. The van der Waals surface area contributed by atoms with Crippen molar-refractivity contribution in [3.8, 4) is 11.4 Å². The normalized spacial score (nSPS) is 10.3. The van der Waals surface area contributed by atoms with E-state index in [1.165, 1.54) is 0 Å². The Bertz CT molecular complexity index is 462. The second kappa shape index (κ2) is 4.13. The highest BCUT2D eigenvalue weighted by Crippen LogP contribution is 2.19. The Labute approximate surface area is 97.1 Å². The van der Waals surface area contributed by atoms with Crippen LogP contribution in [0.1, 0.15) is 5.82 Å². The van der Waals surface area contributed by atoms with E-state index >= 15 is 0 Å². The first-order valence-electron chi connectivity index (χ1n) is 4.28. The molecule has 15 heavy (non-hydrogen) atoms. The van der Waals surface area contributed by atoms with Gasteiger partial charge in [0.1, 0.15) is 11.0 Å². The molecular weight excluding hydrogens is 233 g/mol. The van der Waals surface area contributed by atoms with Crippen molar-refractivity contribution < 1.29 is 0 Å². The molecule has 0 amide bonds. The lowest BCUT2D eigenvalue weighted by Crippen LogP contribution is -1.93. The number of hydrogen-bond acceptors (Lipinski definition) is 3. The number of hydrogen-bond donors (Lipinski definition) is 0. The van der Waals surface area contributed by atoms with Gasteiger partial charge in [-0.2, -0.15) is 0 Å². The van der Waals surface area contributed by atoms with Gasteiger partial charge in [0.05, 0.1) is 16.4 Å². The smallest absolute Gasteiger partial charge is 0.133 e. The van der Waals surface area contributed by atoms with Gasteiger partial charge in [0.25, 0.3) is 0 Å². The van der Waals surface area contributed by atoms with Gasteiger partial charge in [-0.15, -0.1) is 0 Å². The van der Waals surface area contributed by atoms with Gasteiger partial charge in [-0.05, 0) is 19.1 Å². The Morgan fingerprint density at radius 1 is 1.07 bits per heavy atom. The molecule has 0 bridgehead atoms. The van der Waals surface area contributed by atoms with E-state index in [1.54, 1.807) is 31.3 Å². The summed E-state index contributed by atoms with van der Waals surface area (Å²) >= 11 is 11.6. The van der Waals surface area contributed by atoms with E-state index in [9.17, 15) is 0 Å². The molecule has 0 saturated carbocycles. The third kappa shape index (κ3) is 2.43. The molecule has 0 aliphatic carbocycles. The SMILES string of the molecule is Cc1nc(Cl)cc(-c2ccc(Cl)cn2)n1. The van der Waals surface area contributed by atoms with Crippen LogP contribution in [0.15, 0.2) is 24.4 Å². The molecule has 0 fully saturated rings. The fraction of sp³-hybridized carbons (Fsp3) is 0.100. The van der Waals surface area contributed by atoms with E-state index in [-0.39, 0.29) is 0 Å². The van der Waals surface area contributed by atoms with Crippen molar-refractivity contribution in [2.24, 2.45) is 0 Å². The number of rotatable bonds is 1. The van der Waals surface area contributed by atoms with Crippen molar-refractivity contribution in [1.82, 2.24) is 15.0 Å². The maximum absolute atomic E-state index is 5.83. The van der Waals surface area contributed by atoms with E-state index in [1.807, 2.05) is 0 Å². The van der Waals surface area contributed by atoms with Gasteiger partial charge >= 0.3 is 0 Å². The molecule has 0 aromatic carbocycles. The lowest BCUT2D eigenvalue weighted by molar-refractivity contribution is 1.05. The van der Waals surface area contributed by atoms with E-state index < -0.39 is 0 Å². The molecule has 0 N–H and O–H groups in total. The van der Waals surface area contributed by atoms with Crippen LogP contribution in [0.3, 0.4) is 0 Å². The monoisotopic (exact) mass is 239 g/mol. The average molecular weight is 240 g/mol. The van der Waals surface area contributed by atoms with Gasteiger partial charge in [-0.3, -0.25) is 4.98 Å². The Kier molecular flexibility index (Phi) is 2.84. The van der Waals surface area contributed by atoms with Crippen LogP contribution in [0.4, 0.5) is 0 Å². The Hall–Kier alpha value is -1.19. The average Bonchev–Trinajstić information content (AvgIpc) is 2.17. The highest BCUT2D eigenvalue weighted by molar-refractivity contribution is 6.30. The summed E-state index contributed by atoms with van der Waals surface area (Å²) in [5, 5.41) is 1.00. The molecule has 0 aliphatic rings. The van der Waals surface area contributed by atoms with Crippen LogP contribution in [0.25, 0.3) is 11.4 Å². The molecule has 0 aliphatic heterocycles. The molecule has 0 saturated heterocycles. The van der Waals surface area contributed by atoms with Crippen molar-refractivity contribution in [2.45, 2.75) is 6.92 Å². The molecule has 0 atom stereocenters. The quantitative estimate of drug-likeness (QED) is 0.718. The molecule has 0 radical (unpaired) electrons. The summed E-state index contributed by atoms with van der Waals surface area (Å²) in [4.78, 5) is 12.4. The molecule has 76 valence electrons. The van der Waals surface area contributed by atoms with Gasteiger partial charge in [0.2, 0.25) is 0 Å².